The Morgan fingerprint density at radius 1 is 1.45 bits per heavy atom. The highest BCUT2D eigenvalue weighted by atomic mass is 16.4. The Labute approximate surface area is 64.7 Å². The number of hydrogen-bond donors (Lipinski definition) is 2. The summed E-state index contributed by atoms with van der Waals surface area (Å²) >= 11 is 0. The molecule has 1 aliphatic rings. The fourth-order valence-electron chi connectivity index (χ4n) is 0.927. The van der Waals surface area contributed by atoms with E-state index in [1.54, 1.807) is 0 Å². The third-order valence-corrected chi connectivity index (χ3v) is 1.67. The van der Waals surface area contributed by atoms with Crippen molar-refractivity contribution in [2.24, 2.45) is 0 Å². The zero-order valence-electron chi connectivity index (χ0n) is 6.05. The molecular weight excluding hydrogens is 142 g/mol. The fraction of sp³-hybridized carbons (Fsp3) is 0.125. The van der Waals surface area contributed by atoms with E-state index < -0.39 is 12.0 Å². The van der Waals surface area contributed by atoms with E-state index in [1.807, 2.05) is 0 Å². The van der Waals surface area contributed by atoms with Crippen molar-refractivity contribution in [3.63, 3.8) is 0 Å². The van der Waals surface area contributed by atoms with Crippen molar-refractivity contribution in [1.29, 1.82) is 0 Å². The Bertz CT molecular complexity index is 265. The molecule has 0 aromatic carbocycles. The summed E-state index contributed by atoms with van der Waals surface area (Å²) in [6.07, 6.45) is 0. The minimum atomic E-state index is -0.949. The Balaban J connectivity index is 2.92. The van der Waals surface area contributed by atoms with E-state index in [-0.39, 0.29) is 0 Å². The summed E-state index contributed by atoms with van der Waals surface area (Å²) in [5, 5.41) is 11.3. The molecule has 11 heavy (non-hydrogen) atoms. The number of aliphatic carboxylic acids is 1. The molecule has 0 radical (unpaired) electrons. The van der Waals surface area contributed by atoms with Crippen molar-refractivity contribution in [2.45, 2.75) is 6.04 Å². The van der Waals surface area contributed by atoms with Crippen molar-refractivity contribution < 1.29 is 9.90 Å². The van der Waals surface area contributed by atoms with Crippen molar-refractivity contribution >= 4 is 5.97 Å². The standard InChI is InChI=1S/C8H9NO2/c1-4-5(2)7(8(10)11)9-6(4)3/h7,9H,1-3H2,(H,10,11). The number of rotatable bonds is 1. The molecule has 0 aliphatic carbocycles. The third kappa shape index (κ3) is 1.05. The van der Waals surface area contributed by atoms with Gasteiger partial charge in [-0.15, -0.1) is 0 Å². The van der Waals surface area contributed by atoms with Gasteiger partial charge in [0.1, 0.15) is 0 Å². The van der Waals surface area contributed by atoms with Gasteiger partial charge in [0.15, 0.2) is 6.04 Å². The summed E-state index contributed by atoms with van der Waals surface area (Å²) in [6.45, 7) is 10.8. The van der Waals surface area contributed by atoms with Gasteiger partial charge >= 0.3 is 5.97 Å². The number of carboxylic acid groups (broad SMARTS) is 1. The number of carbonyl (C=O) groups is 1. The predicted octanol–water partition coefficient (Wildman–Crippen LogP) is 0.669. The first-order valence-corrected chi connectivity index (χ1v) is 3.10. The molecule has 58 valence electrons. The molecule has 2 N–H and O–H groups in total. The number of allylic oxidation sites excluding steroid dienone is 1. The van der Waals surface area contributed by atoms with E-state index in [0.29, 0.717) is 16.8 Å². The highest BCUT2D eigenvalue weighted by Gasteiger charge is 2.30. The van der Waals surface area contributed by atoms with Crippen LogP contribution >= 0.6 is 0 Å². The van der Waals surface area contributed by atoms with E-state index in [9.17, 15) is 4.79 Å². The van der Waals surface area contributed by atoms with Crippen LogP contribution in [-0.4, -0.2) is 17.1 Å². The maximum Gasteiger partial charge on any atom is 0.330 e. The maximum atomic E-state index is 10.5. The number of hydrogen-bond acceptors (Lipinski definition) is 2. The highest BCUT2D eigenvalue weighted by molar-refractivity contribution is 5.82. The van der Waals surface area contributed by atoms with Gasteiger partial charge in [0, 0.05) is 5.70 Å². The van der Waals surface area contributed by atoms with E-state index in [0.717, 1.165) is 0 Å². The number of nitrogens with one attached hydrogen (secondary N) is 1. The molecule has 0 bridgehead atoms. The van der Waals surface area contributed by atoms with Crippen LogP contribution in [0.4, 0.5) is 0 Å². The van der Waals surface area contributed by atoms with E-state index in [2.05, 4.69) is 25.1 Å². The van der Waals surface area contributed by atoms with Crippen LogP contribution in [-0.2, 0) is 4.79 Å². The smallest absolute Gasteiger partial charge is 0.330 e. The molecule has 3 nitrogen and oxygen atoms in total. The molecule has 1 heterocycles. The first-order valence-electron chi connectivity index (χ1n) is 3.10. The third-order valence-electron chi connectivity index (χ3n) is 1.67. The molecule has 0 amide bonds. The summed E-state index contributed by atoms with van der Waals surface area (Å²) in [5.74, 6) is -0.949. The van der Waals surface area contributed by atoms with Crippen LogP contribution < -0.4 is 5.32 Å². The Morgan fingerprint density at radius 2 is 2.00 bits per heavy atom. The second-order valence-corrected chi connectivity index (χ2v) is 2.40. The van der Waals surface area contributed by atoms with Crippen LogP contribution in [0.25, 0.3) is 0 Å². The lowest BCUT2D eigenvalue weighted by atomic mass is 10.1. The molecule has 1 unspecified atom stereocenters. The zero-order chi connectivity index (χ0) is 8.59. The van der Waals surface area contributed by atoms with Crippen LogP contribution in [0, 0.1) is 0 Å². The first kappa shape index (κ1) is 7.60. The minimum absolute atomic E-state index is 0.488. The molecule has 1 aliphatic heterocycles. The van der Waals surface area contributed by atoms with Gasteiger partial charge in [-0.25, -0.2) is 4.79 Å². The molecule has 0 saturated carbocycles. The van der Waals surface area contributed by atoms with E-state index >= 15 is 0 Å². The molecule has 0 aromatic heterocycles. The van der Waals surface area contributed by atoms with Crippen LogP contribution in [0.5, 0.6) is 0 Å². The van der Waals surface area contributed by atoms with Gasteiger partial charge in [-0.05, 0) is 11.1 Å². The SMILES string of the molecule is C=C1NC(C(=O)O)C(=C)C1=C. The molecule has 1 atom stereocenters. The largest absolute Gasteiger partial charge is 0.479 e. The normalized spacial score (nSPS) is 23.6. The molecule has 3 heteroatoms. The zero-order valence-corrected chi connectivity index (χ0v) is 6.05. The lowest BCUT2D eigenvalue weighted by Crippen LogP contribution is -2.30. The quantitative estimate of drug-likeness (QED) is 0.579. The average Bonchev–Trinajstić information content (AvgIpc) is 2.17. The second kappa shape index (κ2) is 2.27. The summed E-state index contributed by atoms with van der Waals surface area (Å²) in [5.41, 5.74) is 1.63. The van der Waals surface area contributed by atoms with Crippen LogP contribution in [0.3, 0.4) is 0 Å². The number of carboxylic acids is 1. The monoisotopic (exact) mass is 151 g/mol. The molecule has 0 aromatic rings. The van der Waals surface area contributed by atoms with E-state index in [1.165, 1.54) is 0 Å². The summed E-state index contributed by atoms with van der Waals surface area (Å²) in [6, 6.07) is -0.741. The van der Waals surface area contributed by atoms with Gasteiger partial charge in [-0.3, -0.25) is 0 Å². The van der Waals surface area contributed by atoms with Gasteiger partial charge < -0.3 is 10.4 Å². The second-order valence-electron chi connectivity index (χ2n) is 2.40. The van der Waals surface area contributed by atoms with Gasteiger partial charge in [0.05, 0.1) is 0 Å². The molecule has 1 saturated heterocycles. The Kier molecular flexibility index (Phi) is 1.57. The topological polar surface area (TPSA) is 49.3 Å². The molecule has 0 spiro atoms. The Hall–Kier alpha value is -1.51. The van der Waals surface area contributed by atoms with Crippen LogP contribution in [0.2, 0.25) is 0 Å². The average molecular weight is 151 g/mol. The van der Waals surface area contributed by atoms with Crippen LogP contribution in [0.15, 0.2) is 36.6 Å². The predicted molar refractivity (Wildman–Crippen MR) is 42.0 cm³/mol. The lowest BCUT2D eigenvalue weighted by molar-refractivity contribution is -0.137. The molecular formula is C8H9NO2. The Morgan fingerprint density at radius 3 is 2.18 bits per heavy atom. The van der Waals surface area contributed by atoms with Crippen molar-refractivity contribution in [1.82, 2.24) is 5.32 Å². The summed E-state index contributed by atoms with van der Waals surface area (Å²) in [7, 11) is 0. The lowest BCUT2D eigenvalue weighted by Gasteiger charge is -2.03. The van der Waals surface area contributed by atoms with Gasteiger partial charge in [0.2, 0.25) is 0 Å². The van der Waals surface area contributed by atoms with Gasteiger partial charge in [-0.1, -0.05) is 19.7 Å². The minimum Gasteiger partial charge on any atom is -0.479 e. The van der Waals surface area contributed by atoms with Crippen molar-refractivity contribution in [3.05, 3.63) is 36.6 Å². The van der Waals surface area contributed by atoms with Crippen molar-refractivity contribution in [2.75, 3.05) is 0 Å². The first-order chi connectivity index (χ1) is 5.04. The van der Waals surface area contributed by atoms with Gasteiger partial charge in [0.25, 0.3) is 0 Å². The van der Waals surface area contributed by atoms with Crippen LogP contribution in [0.1, 0.15) is 0 Å². The van der Waals surface area contributed by atoms with E-state index in [4.69, 9.17) is 5.11 Å². The highest BCUT2D eigenvalue weighted by Crippen LogP contribution is 2.24. The summed E-state index contributed by atoms with van der Waals surface area (Å²) in [4.78, 5) is 10.5. The fourth-order valence-corrected chi connectivity index (χ4v) is 0.927. The van der Waals surface area contributed by atoms with Crippen molar-refractivity contribution in [3.8, 4) is 0 Å². The summed E-state index contributed by atoms with van der Waals surface area (Å²) < 4.78 is 0. The molecule has 1 fully saturated rings. The maximum absolute atomic E-state index is 10.5. The van der Waals surface area contributed by atoms with Gasteiger partial charge in [-0.2, -0.15) is 0 Å². The molecule has 1 rings (SSSR count).